The van der Waals surface area contributed by atoms with Gasteiger partial charge < -0.3 is 9.40 Å². The average Bonchev–Trinajstić information content (AvgIpc) is 3.21. The van der Waals surface area contributed by atoms with E-state index in [4.69, 9.17) is 4.42 Å². The molecule has 4 rings (SSSR count). The van der Waals surface area contributed by atoms with E-state index in [1.165, 1.54) is 33.0 Å². The Labute approximate surface area is 155 Å². The van der Waals surface area contributed by atoms with Crippen molar-refractivity contribution in [3.8, 4) is 0 Å². The number of nitrogens with one attached hydrogen (secondary N) is 1. The standard InChI is InChI=1S/C24H27NO/c1-16(2)10-21-15-25-23-6-4-19(14-22(21)23)12-17(3)11-18-5-7-24-20(13-18)8-9-26-24/h4-9,13-17,25H,10-12H2,1-3H3. The maximum atomic E-state index is 5.44. The molecule has 0 saturated carbocycles. The van der Waals surface area contributed by atoms with Crippen molar-refractivity contribution in [2.45, 2.75) is 40.0 Å². The van der Waals surface area contributed by atoms with Crippen molar-refractivity contribution in [3.05, 3.63) is 71.6 Å². The molecule has 1 atom stereocenters. The van der Waals surface area contributed by atoms with Crippen molar-refractivity contribution in [2.24, 2.45) is 11.8 Å². The molecule has 0 aliphatic heterocycles. The molecule has 0 spiro atoms. The molecule has 0 bridgehead atoms. The Balaban J connectivity index is 1.50. The minimum Gasteiger partial charge on any atom is -0.464 e. The lowest BCUT2D eigenvalue weighted by molar-refractivity contribution is 0.577. The van der Waals surface area contributed by atoms with E-state index >= 15 is 0 Å². The van der Waals surface area contributed by atoms with Gasteiger partial charge in [-0.15, -0.1) is 0 Å². The monoisotopic (exact) mass is 345 g/mol. The average molecular weight is 345 g/mol. The van der Waals surface area contributed by atoms with Gasteiger partial charge in [0.25, 0.3) is 0 Å². The van der Waals surface area contributed by atoms with Gasteiger partial charge >= 0.3 is 0 Å². The first-order valence-electron chi connectivity index (χ1n) is 9.63. The molecule has 2 nitrogen and oxygen atoms in total. The molecule has 0 fully saturated rings. The molecular formula is C24H27NO. The van der Waals surface area contributed by atoms with Crippen LogP contribution in [0.3, 0.4) is 0 Å². The fourth-order valence-corrected chi connectivity index (χ4v) is 3.98. The summed E-state index contributed by atoms with van der Waals surface area (Å²) in [6, 6.07) is 15.5. The van der Waals surface area contributed by atoms with Crippen molar-refractivity contribution in [2.75, 3.05) is 0 Å². The van der Waals surface area contributed by atoms with Crippen LogP contribution >= 0.6 is 0 Å². The van der Waals surface area contributed by atoms with Gasteiger partial charge in [0, 0.05) is 22.5 Å². The fourth-order valence-electron chi connectivity index (χ4n) is 3.98. The van der Waals surface area contributed by atoms with Crippen molar-refractivity contribution < 1.29 is 4.42 Å². The SMILES string of the molecule is CC(C)Cc1c[nH]c2ccc(CC(C)Cc3ccc4occc4c3)cc12. The summed E-state index contributed by atoms with van der Waals surface area (Å²) in [4.78, 5) is 3.42. The largest absolute Gasteiger partial charge is 0.464 e. The molecule has 4 aromatic rings. The normalized spacial score (nSPS) is 13.1. The highest BCUT2D eigenvalue weighted by atomic mass is 16.3. The van der Waals surface area contributed by atoms with Crippen LogP contribution in [-0.4, -0.2) is 4.98 Å². The Morgan fingerprint density at radius 3 is 2.46 bits per heavy atom. The van der Waals surface area contributed by atoms with Gasteiger partial charge in [-0.1, -0.05) is 32.9 Å². The summed E-state index contributed by atoms with van der Waals surface area (Å²) in [7, 11) is 0. The van der Waals surface area contributed by atoms with Crippen LogP contribution in [0.25, 0.3) is 21.9 Å². The molecule has 134 valence electrons. The van der Waals surface area contributed by atoms with Crippen molar-refractivity contribution in [1.29, 1.82) is 0 Å². The van der Waals surface area contributed by atoms with E-state index < -0.39 is 0 Å². The minimum atomic E-state index is 0.601. The number of furan rings is 1. The van der Waals surface area contributed by atoms with Crippen LogP contribution in [0.1, 0.15) is 37.5 Å². The summed E-state index contributed by atoms with van der Waals surface area (Å²) in [6.45, 7) is 6.90. The number of H-pyrrole nitrogens is 1. The molecule has 0 aliphatic carbocycles. The number of rotatable bonds is 6. The van der Waals surface area contributed by atoms with E-state index in [-0.39, 0.29) is 0 Å². The van der Waals surface area contributed by atoms with E-state index in [0.717, 1.165) is 24.8 Å². The van der Waals surface area contributed by atoms with E-state index in [1.54, 1.807) is 6.26 Å². The fraction of sp³-hybridized carbons (Fsp3) is 0.333. The maximum absolute atomic E-state index is 5.44. The van der Waals surface area contributed by atoms with Gasteiger partial charge in [0.15, 0.2) is 0 Å². The summed E-state index contributed by atoms with van der Waals surface area (Å²) >= 11 is 0. The van der Waals surface area contributed by atoms with Crippen LogP contribution < -0.4 is 0 Å². The lowest BCUT2D eigenvalue weighted by Gasteiger charge is -2.12. The lowest BCUT2D eigenvalue weighted by atomic mass is 9.92. The van der Waals surface area contributed by atoms with Crippen molar-refractivity contribution >= 4 is 21.9 Å². The van der Waals surface area contributed by atoms with Gasteiger partial charge in [-0.05, 0) is 78.1 Å². The summed E-state index contributed by atoms with van der Waals surface area (Å²) < 4.78 is 5.44. The first-order chi connectivity index (χ1) is 12.6. The molecule has 0 aliphatic rings. The third-order valence-corrected chi connectivity index (χ3v) is 5.15. The number of benzene rings is 2. The van der Waals surface area contributed by atoms with Gasteiger partial charge in [-0.25, -0.2) is 0 Å². The number of hydrogen-bond acceptors (Lipinski definition) is 1. The van der Waals surface area contributed by atoms with Crippen LogP contribution in [0, 0.1) is 11.8 Å². The zero-order chi connectivity index (χ0) is 18.1. The first-order valence-corrected chi connectivity index (χ1v) is 9.63. The van der Waals surface area contributed by atoms with Crippen LogP contribution in [0.2, 0.25) is 0 Å². The molecular weight excluding hydrogens is 318 g/mol. The Morgan fingerprint density at radius 2 is 1.65 bits per heavy atom. The molecule has 1 unspecified atom stereocenters. The zero-order valence-corrected chi connectivity index (χ0v) is 15.9. The van der Waals surface area contributed by atoms with Gasteiger partial charge in [0.1, 0.15) is 5.58 Å². The second-order valence-corrected chi connectivity index (χ2v) is 8.10. The topological polar surface area (TPSA) is 28.9 Å². The van der Waals surface area contributed by atoms with Crippen LogP contribution in [0.15, 0.2) is 59.3 Å². The van der Waals surface area contributed by atoms with E-state index in [1.807, 2.05) is 6.07 Å². The highest BCUT2D eigenvalue weighted by molar-refractivity contribution is 5.84. The third-order valence-electron chi connectivity index (χ3n) is 5.15. The third kappa shape index (κ3) is 3.55. The van der Waals surface area contributed by atoms with Crippen molar-refractivity contribution in [3.63, 3.8) is 0 Å². The molecule has 2 heterocycles. The molecule has 2 aromatic heterocycles. The Bertz CT molecular complexity index is 1020. The van der Waals surface area contributed by atoms with Gasteiger partial charge in [-0.2, -0.15) is 0 Å². The predicted octanol–water partition coefficient (Wildman–Crippen LogP) is 6.53. The van der Waals surface area contributed by atoms with Crippen LogP contribution in [0.5, 0.6) is 0 Å². The highest BCUT2D eigenvalue weighted by Gasteiger charge is 2.10. The lowest BCUT2D eigenvalue weighted by Crippen LogP contribution is -2.04. The van der Waals surface area contributed by atoms with Crippen LogP contribution in [-0.2, 0) is 19.3 Å². The molecule has 2 aromatic carbocycles. The summed E-state index contributed by atoms with van der Waals surface area (Å²) in [5.74, 6) is 1.28. The Kier molecular flexibility index (Phi) is 4.58. The summed E-state index contributed by atoms with van der Waals surface area (Å²) in [5, 5.41) is 2.59. The van der Waals surface area contributed by atoms with E-state index in [9.17, 15) is 0 Å². The maximum Gasteiger partial charge on any atom is 0.133 e. The minimum absolute atomic E-state index is 0.601. The van der Waals surface area contributed by atoms with Gasteiger partial charge in [0.2, 0.25) is 0 Å². The summed E-state index contributed by atoms with van der Waals surface area (Å²) in [6.07, 6.45) is 7.26. The number of aromatic nitrogens is 1. The molecule has 0 saturated heterocycles. The van der Waals surface area contributed by atoms with E-state index in [0.29, 0.717) is 11.8 Å². The first kappa shape index (κ1) is 17.0. The van der Waals surface area contributed by atoms with Crippen LogP contribution in [0.4, 0.5) is 0 Å². The second kappa shape index (κ2) is 7.03. The smallest absolute Gasteiger partial charge is 0.133 e. The number of fused-ring (bicyclic) bond motifs is 2. The summed E-state index contributed by atoms with van der Waals surface area (Å²) in [5.41, 5.74) is 6.47. The molecule has 2 heteroatoms. The quantitative estimate of drug-likeness (QED) is 0.422. The second-order valence-electron chi connectivity index (χ2n) is 8.10. The van der Waals surface area contributed by atoms with Gasteiger partial charge in [0.05, 0.1) is 6.26 Å². The molecule has 0 amide bonds. The molecule has 0 radical (unpaired) electrons. The Hall–Kier alpha value is -2.48. The predicted molar refractivity (Wildman–Crippen MR) is 110 cm³/mol. The number of hydrogen-bond donors (Lipinski definition) is 1. The van der Waals surface area contributed by atoms with Gasteiger partial charge in [-0.3, -0.25) is 0 Å². The van der Waals surface area contributed by atoms with E-state index in [2.05, 4.69) is 68.4 Å². The van der Waals surface area contributed by atoms with Crippen molar-refractivity contribution in [1.82, 2.24) is 4.98 Å². The number of aromatic amines is 1. The highest BCUT2D eigenvalue weighted by Crippen LogP contribution is 2.25. The molecule has 1 N–H and O–H groups in total. The Morgan fingerprint density at radius 1 is 0.885 bits per heavy atom. The molecule has 26 heavy (non-hydrogen) atoms. The zero-order valence-electron chi connectivity index (χ0n) is 15.9.